The van der Waals surface area contributed by atoms with Gasteiger partial charge < -0.3 is 9.64 Å². The summed E-state index contributed by atoms with van der Waals surface area (Å²) in [6.45, 7) is 4.20. The zero-order chi connectivity index (χ0) is 12.5. The van der Waals surface area contributed by atoms with Gasteiger partial charge in [0.25, 0.3) is 0 Å². The van der Waals surface area contributed by atoms with Gasteiger partial charge in [0, 0.05) is 12.5 Å². The van der Waals surface area contributed by atoms with E-state index in [4.69, 9.17) is 4.74 Å². The van der Waals surface area contributed by atoms with Gasteiger partial charge in [-0.1, -0.05) is 24.3 Å². The summed E-state index contributed by atoms with van der Waals surface area (Å²) in [6.07, 6.45) is 2.19. The zero-order valence-electron chi connectivity index (χ0n) is 10.8. The lowest BCUT2D eigenvalue weighted by Gasteiger charge is -2.34. The largest absolute Gasteiger partial charge is 0.370 e. The molecule has 1 aromatic carbocycles. The Morgan fingerprint density at radius 1 is 1.33 bits per heavy atom. The standard InChI is InChI=1S/C15H19NO2/c1-11-4-2-3-5-13(11)14-10-16(8-9-18-14)15(17)12-6-7-12/h2-5,12,14H,6-10H2,1H3/t14-/m1/s1. The van der Waals surface area contributed by atoms with Crippen molar-refractivity contribution in [2.45, 2.75) is 25.9 Å². The number of ether oxygens (including phenoxy) is 1. The highest BCUT2D eigenvalue weighted by Gasteiger charge is 2.36. The SMILES string of the molecule is Cc1ccccc1[C@H]1CN(C(=O)C2CC2)CCO1. The molecule has 0 N–H and O–H groups in total. The molecule has 0 radical (unpaired) electrons. The Balaban J connectivity index is 1.73. The molecule has 0 unspecified atom stereocenters. The van der Waals surface area contributed by atoms with Crippen LogP contribution in [0.1, 0.15) is 30.1 Å². The van der Waals surface area contributed by atoms with E-state index in [9.17, 15) is 4.79 Å². The minimum Gasteiger partial charge on any atom is -0.370 e. The molecule has 1 heterocycles. The molecule has 1 aliphatic carbocycles. The van der Waals surface area contributed by atoms with E-state index >= 15 is 0 Å². The highest BCUT2D eigenvalue weighted by Crippen LogP contribution is 2.33. The number of morpholine rings is 1. The highest BCUT2D eigenvalue weighted by molar-refractivity contribution is 5.81. The van der Waals surface area contributed by atoms with E-state index in [-0.39, 0.29) is 6.10 Å². The number of benzene rings is 1. The Labute approximate surface area is 108 Å². The maximum atomic E-state index is 12.1. The molecule has 3 heteroatoms. The van der Waals surface area contributed by atoms with Crippen molar-refractivity contribution in [3.63, 3.8) is 0 Å². The highest BCUT2D eigenvalue weighted by atomic mass is 16.5. The van der Waals surface area contributed by atoms with Gasteiger partial charge in [-0.15, -0.1) is 0 Å². The summed E-state index contributed by atoms with van der Waals surface area (Å²) < 4.78 is 5.83. The smallest absolute Gasteiger partial charge is 0.225 e. The van der Waals surface area contributed by atoms with Gasteiger partial charge in [0.2, 0.25) is 5.91 Å². The molecule has 1 saturated heterocycles. The van der Waals surface area contributed by atoms with Crippen LogP contribution in [0.2, 0.25) is 0 Å². The lowest BCUT2D eigenvalue weighted by molar-refractivity contribution is -0.140. The molecule has 1 atom stereocenters. The van der Waals surface area contributed by atoms with Crippen molar-refractivity contribution in [3.05, 3.63) is 35.4 Å². The number of rotatable bonds is 2. The fourth-order valence-corrected chi connectivity index (χ4v) is 2.57. The summed E-state index contributed by atoms with van der Waals surface area (Å²) in [7, 11) is 0. The first-order valence-corrected chi connectivity index (χ1v) is 6.71. The number of carbonyl (C=O) groups is 1. The number of nitrogens with zero attached hydrogens (tertiary/aromatic N) is 1. The first kappa shape index (κ1) is 11.7. The number of carbonyl (C=O) groups excluding carboxylic acids is 1. The summed E-state index contributed by atoms with van der Waals surface area (Å²) >= 11 is 0. The van der Waals surface area contributed by atoms with Crippen LogP contribution in [-0.2, 0) is 9.53 Å². The monoisotopic (exact) mass is 245 g/mol. The van der Waals surface area contributed by atoms with Gasteiger partial charge >= 0.3 is 0 Å². The molecular formula is C15H19NO2. The number of hydrogen-bond acceptors (Lipinski definition) is 2. The van der Waals surface area contributed by atoms with Crippen molar-refractivity contribution in [2.75, 3.05) is 19.7 Å². The summed E-state index contributed by atoms with van der Waals surface area (Å²) in [5.41, 5.74) is 2.45. The van der Waals surface area contributed by atoms with E-state index < -0.39 is 0 Å². The van der Waals surface area contributed by atoms with E-state index in [1.165, 1.54) is 11.1 Å². The third-order valence-electron chi connectivity index (χ3n) is 3.84. The fourth-order valence-electron chi connectivity index (χ4n) is 2.57. The van der Waals surface area contributed by atoms with Crippen LogP contribution in [0.15, 0.2) is 24.3 Å². The Bertz CT molecular complexity index is 454. The van der Waals surface area contributed by atoms with Gasteiger partial charge in [-0.25, -0.2) is 0 Å². The number of amides is 1. The van der Waals surface area contributed by atoms with Crippen LogP contribution in [0.3, 0.4) is 0 Å². The third kappa shape index (κ3) is 2.27. The summed E-state index contributed by atoms with van der Waals surface area (Å²) in [5.74, 6) is 0.637. The molecule has 1 aromatic rings. The van der Waals surface area contributed by atoms with Crippen LogP contribution in [0.4, 0.5) is 0 Å². The fraction of sp³-hybridized carbons (Fsp3) is 0.533. The average Bonchev–Trinajstić information content (AvgIpc) is 3.23. The van der Waals surface area contributed by atoms with Crippen molar-refractivity contribution in [3.8, 4) is 0 Å². The molecule has 1 saturated carbocycles. The number of aryl methyl sites for hydroxylation is 1. The van der Waals surface area contributed by atoms with Crippen molar-refractivity contribution in [1.29, 1.82) is 0 Å². The van der Waals surface area contributed by atoms with Gasteiger partial charge in [0.1, 0.15) is 6.10 Å². The van der Waals surface area contributed by atoms with Crippen LogP contribution in [0.25, 0.3) is 0 Å². The van der Waals surface area contributed by atoms with Crippen molar-refractivity contribution in [1.82, 2.24) is 4.90 Å². The maximum absolute atomic E-state index is 12.1. The Morgan fingerprint density at radius 2 is 2.11 bits per heavy atom. The minimum absolute atomic E-state index is 0.0441. The van der Waals surface area contributed by atoms with Crippen LogP contribution in [0, 0.1) is 12.8 Å². The molecule has 2 aliphatic rings. The summed E-state index contributed by atoms with van der Waals surface area (Å²) in [6, 6.07) is 8.27. The second-order valence-corrected chi connectivity index (χ2v) is 5.27. The maximum Gasteiger partial charge on any atom is 0.225 e. The molecule has 1 aliphatic heterocycles. The Hall–Kier alpha value is -1.35. The van der Waals surface area contributed by atoms with Crippen LogP contribution >= 0.6 is 0 Å². The molecular weight excluding hydrogens is 226 g/mol. The Morgan fingerprint density at radius 3 is 2.83 bits per heavy atom. The quantitative estimate of drug-likeness (QED) is 0.800. The van der Waals surface area contributed by atoms with E-state index in [0.717, 1.165) is 19.4 Å². The molecule has 0 bridgehead atoms. The van der Waals surface area contributed by atoms with E-state index in [1.54, 1.807) is 0 Å². The third-order valence-corrected chi connectivity index (χ3v) is 3.84. The second-order valence-electron chi connectivity index (χ2n) is 5.27. The lowest BCUT2D eigenvalue weighted by Crippen LogP contribution is -2.43. The molecule has 18 heavy (non-hydrogen) atoms. The molecule has 0 aromatic heterocycles. The lowest BCUT2D eigenvalue weighted by atomic mass is 10.0. The zero-order valence-corrected chi connectivity index (χ0v) is 10.8. The number of hydrogen-bond donors (Lipinski definition) is 0. The molecule has 0 spiro atoms. The normalized spacial score (nSPS) is 24.1. The van der Waals surface area contributed by atoms with Crippen LogP contribution in [0.5, 0.6) is 0 Å². The van der Waals surface area contributed by atoms with E-state index in [1.807, 2.05) is 17.0 Å². The second kappa shape index (κ2) is 4.73. The van der Waals surface area contributed by atoms with Gasteiger partial charge in [0.05, 0.1) is 13.2 Å². The summed E-state index contributed by atoms with van der Waals surface area (Å²) in [4.78, 5) is 14.1. The predicted molar refractivity (Wildman–Crippen MR) is 69.2 cm³/mol. The minimum atomic E-state index is 0.0441. The summed E-state index contributed by atoms with van der Waals surface area (Å²) in [5, 5.41) is 0. The molecule has 3 nitrogen and oxygen atoms in total. The topological polar surface area (TPSA) is 29.5 Å². The first-order chi connectivity index (χ1) is 8.75. The van der Waals surface area contributed by atoms with Crippen molar-refractivity contribution in [2.24, 2.45) is 5.92 Å². The van der Waals surface area contributed by atoms with Crippen LogP contribution < -0.4 is 0 Å². The Kier molecular flexibility index (Phi) is 3.08. The van der Waals surface area contributed by atoms with Gasteiger partial charge in [-0.3, -0.25) is 4.79 Å². The van der Waals surface area contributed by atoms with Crippen molar-refractivity contribution < 1.29 is 9.53 Å². The van der Waals surface area contributed by atoms with E-state index in [0.29, 0.717) is 25.0 Å². The van der Waals surface area contributed by atoms with Crippen molar-refractivity contribution >= 4 is 5.91 Å². The average molecular weight is 245 g/mol. The predicted octanol–water partition coefficient (Wildman–Crippen LogP) is 2.30. The van der Waals surface area contributed by atoms with Gasteiger partial charge in [-0.2, -0.15) is 0 Å². The molecule has 96 valence electrons. The molecule has 2 fully saturated rings. The molecule has 1 amide bonds. The first-order valence-electron chi connectivity index (χ1n) is 6.71. The van der Waals surface area contributed by atoms with E-state index in [2.05, 4.69) is 19.1 Å². The van der Waals surface area contributed by atoms with Gasteiger partial charge in [-0.05, 0) is 30.9 Å². The van der Waals surface area contributed by atoms with Gasteiger partial charge in [0.15, 0.2) is 0 Å². The van der Waals surface area contributed by atoms with Crippen LogP contribution in [-0.4, -0.2) is 30.5 Å². The molecule has 3 rings (SSSR count).